The number of pyridine rings is 1. The van der Waals surface area contributed by atoms with E-state index in [4.69, 9.17) is 10.5 Å². The van der Waals surface area contributed by atoms with Crippen molar-refractivity contribution in [3.63, 3.8) is 0 Å². The average molecular weight is 234 g/mol. The molecule has 16 heavy (non-hydrogen) atoms. The maximum atomic E-state index is 12.5. The zero-order valence-corrected chi connectivity index (χ0v) is 8.12. The number of ether oxygens (including phenoxy) is 1. The first-order valence-corrected chi connectivity index (χ1v) is 4.56. The van der Waals surface area contributed by atoms with Gasteiger partial charge in [0.05, 0.1) is 30.5 Å². The van der Waals surface area contributed by atoms with Crippen LogP contribution in [0.25, 0.3) is 0 Å². The van der Waals surface area contributed by atoms with Gasteiger partial charge in [-0.05, 0) is 6.07 Å². The molecule has 0 amide bonds. The lowest BCUT2D eigenvalue weighted by Gasteiger charge is -2.28. The van der Waals surface area contributed by atoms with Crippen molar-refractivity contribution in [2.45, 2.75) is 12.2 Å². The molecule has 1 aliphatic rings. The predicted molar refractivity (Wildman–Crippen MR) is 50.0 cm³/mol. The second-order valence-corrected chi connectivity index (χ2v) is 3.59. The van der Waals surface area contributed by atoms with Gasteiger partial charge in [0, 0.05) is 6.20 Å². The molecule has 2 rings (SSSR count). The van der Waals surface area contributed by atoms with Gasteiger partial charge >= 0.3 is 6.18 Å². The fourth-order valence-electron chi connectivity index (χ4n) is 1.43. The van der Waals surface area contributed by atoms with Gasteiger partial charge in [0.25, 0.3) is 5.56 Å². The number of halogens is 3. The molecule has 0 bridgehead atoms. The van der Waals surface area contributed by atoms with Crippen molar-refractivity contribution >= 4 is 5.69 Å². The molecule has 2 heterocycles. The summed E-state index contributed by atoms with van der Waals surface area (Å²) in [4.78, 5) is 11.5. The normalized spacial score (nSPS) is 17.2. The van der Waals surface area contributed by atoms with Crippen LogP contribution in [0.3, 0.4) is 0 Å². The summed E-state index contributed by atoms with van der Waals surface area (Å²) in [5, 5.41) is 0. The number of nitrogen functional groups attached to an aromatic ring is 1. The van der Waals surface area contributed by atoms with Gasteiger partial charge in [-0.25, -0.2) is 0 Å². The zero-order chi connectivity index (χ0) is 11.9. The summed E-state index contributed by atoms with van der Waals surface area (Å²) >= 11 is 0. The van der Waals surface area contributed by atoms with E-state index in [0.29, 0.717) is 6.07 Å². The van der Waals surface area contributed by atoms with Crippen molar-refractivity contribution in [1.82, 2.24) is 4.57 Å². The quantitative estimate of drug-likeness (QED) is 0.789. The Morgan fingerprint density at radius 2 is 2.06 bits per heavy atom. The van der Waals surface area contributed by atoms with Crippen molar-refractivity contribution in [2.75, 3.05) is 18.9 Å². The summed E-state index contributed by atoms with van der Waals surface area (Å²) in [7, 11) is 0. The summed E-state index contributed by atoms with van der Waals surface area (Å²) in [6.45, 7) is 0.474. The zero-order valence-electron chi connectivity index (χ0n) is 8.12. The largest absolute Gasteiger partial charge is 0.417 e. The van der Waals surface area contributed by atoms with Gasteiger partial charge in [-0.15, -0.1) is 0 Å². The minimum Gasteiger partial charge on any atom is -0.394 e. The molecule has 1 aliphatic heterocycles. The number of rotatable bonds is 1. The van der Waals surface area contributed by atoms with Crippen LogP contribution in [0.2, 0.25) is 0 Å². The highest BCUT2D eigenvalue weighted by atomic mass is 19.4. The molecule has 0 atom stereocenters. The fourth-order valence-corrected chi connectivity index (χ4v) is 1.43. The Morgan fingerprint density at radius 1 is 1.44 bits per heavy atom. The summed E-state index contributed by atoms with van der Waals surface area (Å²) < 4.78 is 43.2. The van der Waals surface area contributed by atoms with E-state index >= 15 is 0 Å². The highest BCUT2D eigenvalue weighted by molar-refractivity contribution is 5.39. The minimum atomic E-state index is -4.51. The van der Waals surface area contributed by atoms with Crippen LogP contribution >= 0.6 is 0 Å². The van der Waals surface area contributed by atoms with Gasteiger partial charge in [0.2, 0.25) is 0 Å². The molecule has 2 N–H and O–H groups in total. The molecule has 7 heteroatoms. The highest BCUT2D eigenvalue weighted by Gasteiger charge is 2.33. The average Bonchev–Trinajstić information content (AvgIpc) is 2.07. The smallest absolute Gasteiger partial charge is 0.394 e. The fraction of sp³-hybridized carbons (Fsp3) is 0.444. The standard InChI is InChI=1S/C9H9F3N2O2/c10-9(11,12)5-1-7(13)8(15)14(2-5)6-3-16-4-6/h1-2,6H,3-4,13H2. The Labute approximate surface area is 88.4 Å². The van der Waals surface area contributed by atoms with Crippen LogP contribution in [-0.4, -0.2) is 17.8 Å². The van der Waals surface area contributed by atoms with E-state index in [9.17, 15) is 18.0 Å². The molecule has 0 spiro atoms. The van der Waals surface area contributed by atoms with Gasteiger partial charge in [0.15, 0.2) is 0 Å². The molecule has 1 saturated heterocycles. The molecule has 88 valence electrons. The number of hydrogen-bond acceptors (Lipinski definition) is 3. The van der Waals surface area contributed by atoms with E-state index in [1.54, 1.807) is 0 Å². The van der Waals surface area contributed by atoms with Gasteiger partial charge in [-0.2, -0.15) is 13.2 Å². The van der Waals surface area contributed by atoms with Crippen LogP contribution in [0.5, 0.6) is 0 Å². The molecule has 0 unspecified atom stereocenters. The second-order valence-electron chi connectivity index (χ2n) is 3.59. The van der Waals surface area contributed by atoms with Crippen LogP contribution < -0.4 is 11.3 Å². The van der Waals surface area contributed by atoms with Gasteiger partial charge in [-0.1, -0.05) is 0 Å². The van der Waals surface area contributed by atoms with Crippen molar-refractivity contribution in [3.05, 3.63) is 28.2 Å². The molecule has 0 saturated carbocycles. The van der Waals surface area contributed by atoms with Crippen LogP contribution in [0.15, 0.2) is 17.1 Å². The lowest BCUT2D eigenvalue weighted by Crippen LogP contribution is -2.38. The number of nitrogens with zero attached hydrogens (tertiary/aromatic N) is 1. The molecular weight excluding hydrogens is 225 g/mol. The maximum Gasteiger partial charge on any atom is 0.417 e. The lowest BCUT2D eigenvalue weighted by molar-refractivity contribution is -0.138. The van der Waals surface area contributed by atoms with Gasteiger partial charge < -0.3 is 15.0 Å². The second kappa shape index (κ2) is 3.51. The third-order valence-electron chi connectivity index (χ3n) is 2.41. The number of aromatic nitrogens is 1. The Hall–Kier alpha value is -1.50. The molecular formula is C9H9F3N2O2. The molecule has 1 aromatic heterocycles. The third-order valence-corrected chi connectivity index (χ3v) is 2.41. The Balaban J connectivity index is 2.51. The third kappa shape index (κ3) is 1.78. The minimum absolute atomic E-state index is 0.237. The number of hydrogen-bond donors (Lipinski definition) is 1. The monoisotopic (exact) mass is 234 g/mol. The SMILES string of the molecule is Nc1cc(C(F)(F)F)cn(C2COC2)c1=O. The van der Waals surface area contributed by atoms with Crippen molar-refractivity contribution in [3.8, 4) is 0 Å². The van der Waals surface area contributed by atoms with E-state index in [-0.39, 0.29) is 19.3 Å². The highest BCUT2D eigenvalue weighted by Crippen LogP contribution is 2.30. The van der Waals surface area contributed by atoms with E-state index in [1.165, 1.54) is 0 Å². The van der Waals surface area contributed by atoms with E-state index in [0.717, 1.165) is 10.8 Å². The van der Waals surface area contributed by atoms with Crippen LogP contribution in [0.4, 0.5) is 18.9 Å². The molecule has 0 aliphatic carbocycles. The lowest BCUT2D eigenvalue weighted by atomic mass is 10.2. The Morgan fingerprint density at radius 3 is 2.50 bits per heavy atom. The predicted octanol–water partition coefficient (Wildman–Crippen LogP) is 1.02. The maximum absolute atomic E-state index is 12.5. The van der Waals surface area contributed by atoms with Crippen LogP contribution in [0.1, 0.15) is 11.6 Å². The summed E-state index contributed by atoms with van der Waals surface area (Å²) in [6.07, 6.45) is -3.72. The number of nitrogens with two attached hydrogens (primary N) is 1. The van der Waals surface area contributed by atoms with E-state index in [1.807, 2.05) is 0 Å². The Kier molecular flexibility index (Phi) is 2.42. The van der Waals surface area contributed by atoms with Gasteiger partial charge in [-0.3, -0.25) is 4.79 Å². The Bertz CT molecular complexity index is 463. The van der Waals surface area contributed by atoms with Crippen molar-refractivity contribution in [2.24, 2.45) is 0 Å². The van der Waals surface area contributed by atoms with Crippen LogP contribution in [-0.2, 0) is 10.9 Å². The molecule has 0 aromatic carbocycles. The number of alkyl halides is 3. The first kappa shape index (κ1) is 11.0. The van der Waals surface area contributed by atoms with E-state index in [2.05, 4.69) is 0 Å². The summed E-state index contributed by atoms with van der Waals surface area (Å²) in [5.74, 6) is 0. The summed E-state index contributed by atoms with van der Waals surface area (Å²) in [6, 6.07) is 0.301. The van der Waals surface area contributed by atoms with Crippen LogP contribution in [0, 0.1) is 0 Å². The molecule has 1 aromatic rings. The molecule has 0 radical (unpaired) electrons. The summed E-state index contributed by atoms with van der Waals surface area (Å²) in [5.41, 5.74) is 3.33. The van der Waals surface area contributed by atoms with Crippen molar-refractivity contribution in [1.29, 1.82) is 0 Å². The van der Waals surface area contributed by atoms with Crippen molar-refractivity contribution < 1.29 is 17.9 Å². The topological polar surface area (TPSA) is 57.2 Å². The molecule has 1 fully saturated rings. The van der Waals surface area contributed by atoms with E-state index < -0.39 is 23.0 Å². The van der Waals surface area contributed by atoms with Gasteiger partial charge in [0.1, 0.15) is 0 Å². The first-order chi connectivity index (χ1) is 7.39. The number of anilines is 1. The first-order valence-electron chi connectivity index (χ1n) is 4.56. The molecule has 4 nitrogen and oxygen atoms in total.